The van der Waals surface area contributed by atoms with E-state index < -0.39 is 5.97 Å². The second-order valence-electron chi connectivity index (χ2n) is 3.85. The van der Waals surface area contributed by atoms with Crippen molar-refractivity contribution in [3.05, 3.63) is 11.6 Å². The average Bonchev–Trinajstić information content (AvgIpc) is 2.44. The lowest BCUT2D eigenvalue weighted by Crippen LogP contribution is -2.26. The van der Waals surface area contributed by atoms with E-state index in [2.05, 4.69) is 9.98 Å². The van der Waals surface area contributed by atoms with Crippen LogP contribution < -0.4 is 31.4 Å². The number of carboxylic acids is 1. The summed E-state index contributed by atoms with van der Waals surface area (Å²) in [4.78, 5) is 18.8. The molecule has 0 atom stereocenters. The summed E-state index contributed by atoms with van der Waals surface area (Å²) in [5, 5.41) is 9.32. The first-order valence-corrected chi connectivity index (χ1v) is 5.85. The Balaban J connectivity index is 3.72. The lowest BCUT2D eigenvalue weighted by atomic mass is 10.1. The van der Waals surface area contributed by atoms with Gasteiger partial charge in [0, 0.05) is 6.07 Å². The number of nitrogens with zero attached hydrogens (tertiary/aromatic N) is 2. The highest BCUT2D eigenvalue weighted by Crippen LogP contribution is 2.46. The van der Waals surface area contributed by atoms with Gasteiger partial charge in [0.15, 0.2) is 17.5 Å². The molecule has 0 fully saturated rings. The van der Waals surface area contributed by atoms with Crippen LogP contribution in [-0.2, 0) is 0 Å². The number of rotatable bonds is 5. The third-order valence-corrected chi connectivity index (χ3v) is 2.50. The van der Waals surface area contributed by atoms with Crippen LogP contribution in [0.25, 0.3) is 0 Å². The lowest BCUT2D eigenvalue weighted by molar-refractivity contribution is 0.0697. The van der Waals surface area contributed by atoms with Gasteiger partial charge in [0.25, 0.3) is 0 Å². The second-order valence-corrected chi connectivity index (χ2v) is 3.85. The molecule has 0 aliphatic rings. The molecule has 0 saturated carbocycles. The topological polar surface area (TPSA) is 168 Å². The highest BCUT2D eigenvalue weighted by molar-refractivity contribution is 6.00. The number of ether oxygens (including phenoxy) is 3. The van der Waals surface area contributed by atoms with E-state index in [1.165, 1.54) is 27.4 Å². The predicted octanol–water partition coefficient (Wildman–Crippen LogP) is -0.370. The van der Waals surface area contributed by atoms with Crippen molar-refractivity contribution in [3.63, 3.8) is 0 Å². The Morgan fingerprint density at radius 3 is 2.09 bits per heavy atom. The number of aliphatic imine (C=N–C) groups is 2. The molecule has 1 aromatic rings. The molecule has 10 heteroatoms. The summed E-state index contributed by atoms with van der Waals surface area (Å²) >= 11 is 0. The van der Waals surface area contributed by atoms with Crippen molar-refractivity contribution in [2.24, 2.45) is 27.2 Å². The minimum atomic E-state index is -1.27. The van der Waals surface area contributed by atoms with Crippen LogP contribution >= 0.6 is 0 Å². The Hall–Kier alpha value is -3.17. The summed E-state index contributed by atoms with van der Waals surface area (Å²) in [5.41, 5.74) is 15.6. The van der Waals surface area contributed by atoms with Gasteiger partial charge in [-0.2, -0.15) is 4.99 Å². The fourth-order valence-electron chi connectivity index (χ4n) is 1.69. The maximum absolute atomic E-state index is 11.4. The van der Waals surface area contributed by atoms with Crippen molar-refractivity contribution in [3.8, 4) is 17.2 Å². The van der Waals surface area contributed by atoms with Gasteiger partial charge in [-0.1, -0.05) is 0 Å². The standard InChI is InChI=1S/C12H17N5O5/c1-20-6-4-5(10(18)19)7(9(22-3)8(6)21-2)16-12(15)17-11(13)14/h4H,1-3H3,(H,18,19)(H6,13,14,15,16,17). The normalized spacial score (nSPS) is 10.8. The zero-order valence-corrected chi connectivity index (χ0v) is 12.3. The molecule has 0 bridgehead atoms. The fraction of sp³-hybridized carbons (Fsp3) is 0.250. The zero-order chi connectivity index (χ0) is 16.9. The molecule has 0 aromatic heterocycles. The highest BCUT2D eigenvalue weighted by Gasteiger charge is 2.24. The van der Waals surface area contributed by atoms with E-state index in [1.807, 2.05) is 0 Å². The number of methoxy groups -OCH3 is 3. The molecular weight excluding hydrogens is 294 g/mol. The Bertz CT molecular complexity index is 637. The fourth-order valence-corrected chi connectivity index (χ4v) is 1.69. The van der Waals surface area contributed by atoms with E-state index in [0.717, 1.165) is 0 Å². The molecular formula is C12H17N5O5. The van der Waals surface area contributed by atoms with E-state index in [1.54, 1.807) is 0 Å². The largest absolute Gasteiger partial charge is 0.493 e. The molecule has 1 rings (SSSR count). The van der Waals surface area contributed by atoms with Crippen LogP contribution in [0, 0.1) is 0 Å². The van der Waals surface area contributed by atoms with Crippen LogP contribution in [0.1, 0.15) is 10.4 Å². The number of guanidine groups is 2. The molecule has 7 N–H and O–H groups in total. The zero-order valence-electron chi connectivity index (χ0n) is 12.3. The average molecular weight is 311 g/mol. The summed E-state index contributed by atoms with van der Waals surface area (Å²) in [6, 6.07) is 1.23. The summed E-state index contributed by atoms with van der Waals surface area (Å²) < 4.78 is 15.4. The van der Waals surface area contributed by atoms with E-state index in [0.29, 0.717) is 0 Å². The molecule has 0 heterocycles. The molecule has 120 valence electrons. The Kier molecular flexibility index (Phi) is 5.38. The first-order valence-electron chi connectivity index (χ1n) is 5.85. The minimum absolute atomic E-state index is 0.0213. The second kappa shape index (κ2) is 7.02. The third kappa shape index (κ3) is 3.48. The van der Waals surface area contributed by atoms with Gasteiger partial charge >= 0.3 is 5.97 Å². The molecule has 22 heavy (non-hydrogen) atoms. The smallest absolute Gasteiger partial charge is 0.338 e. The highest BCUT2D eigenvalue weighted by atomic mass is 16.5. The summed E-state index contributed by atoms with van der Waals surface area (Å²) in [5.74, 6) is -1.59. The minimum Gasteiger partial charge on any atom is -0.493 e. The molecule has 0 unspecified atom stereocenters. The summed E-state index contributed by atoms with van der Waals surface area (Å²) in [7, 11) is 4.05. The Labute approximate surface area is 126 Å². The van der Waals surface area contributed by atoms with Gasteiger partial charge < -0.3 is 36.5 Å². The number of aromatic carboxylic acids is 1. The van der Waals surface area contributed by atoms with Crippen molar-refractivity contribution >= 4 is 23.6 Å². The van der Waals surface area contributed by atoms with E-state index in [9.17, 15) is 9.90 Å². The number of nitrogens with two attached hydrogens (primary N) is 3. The number of hydrogen-bond acceptors (Lipinski definition) is 5. The predicted molar refractivity (Wildman–Crippen MR) is 80.1 cm³/mol. The van der Waals surface area contributed by atoms with Crippen LogP contribution in [0.2, 0.25) is 0 Å². The summed E-state index contributed by atoms with van der Waals surface area (Å²) in [6.07, 6.45) is 0. The van der Waals surface area contributed by atoms with Gasteiger partial charge in [-0.25, -0.2) is 9.79 Å². The van der Waals surface area contributed by atoms with E-state index in [-0.39, 0.29) is 40.4 Å². The maximum Gasteiger partial charge on any atom is 0.338 e. The monoisotopic (exact) mass is 311 g/mol. The number of carboxylic acid groups (broad SMARTS) is 1. The van der Waals surface area contributed by atoms with Crippen molar-refractivity contribution in [1.82, 2.24) is 0 Å². The maximum atomic E-state index is 11.4. The van der Waals surface area contributed by atoms with Gasteiger partial charge in [-0.3, -0.25) is 0 Å². The van der Waals surface area contributed by atoms with Crippen LogP contribution in [0.15, 0.2) is 16.1 Å². The van der Waals surface area contributed by atoms with Crippen molar-refractivity contribution in [1.29, 1.82) is 0 Å². The molecule has 0 amide bonds. The molecule has 0 spiro atoms. The van der Waals surface area contributed by atoms with Gasteiger partial charge in [0.2, 0.25) is 11.7 Å². The Morgan fingerprint density at radius 2 is 1.68 bits per heavy atom. The van der Waals surface area contributed by atoms with E-state index >= 15 is 0 Å². The molecule has 1 aromatic carbocycles. The van der Waals surface area contributed by atoms with Gasteiger partial charge in [-0.05, 0) is 0 Å². The lowest BCUT2D eigenvalue weighted by Gasteiger charge is -2.15. The van der Waals surface area contributed by atoms with Crippen LogP contribution in [-0.4, -0.2) is 44.3 Å². The Morgan fingerprint density at radius 1 is 1.09 bits per heavy atom. The first-order chi connectivity index (χ1) is 10.3. The molecule has 0 radical (unpaired) electrons. The molecule has 0 saturated heterocycles. The van der Waals surface area contributed by atoms with Crippen molar-refractivity contribution in [2.75, 3.05) is 21.3 Å². The number of benzene rings is 1. The quantitative estimate of drug-likeness (QED) is 0.422. The SMILES string of the molecule is COc1cc(C(=O)O)c(N=C(N)N=C(N)N)c(OC)c1OC. The van der Waals surface area contributed by atoms with Crippen molar-refractivity contribution < 1.29 is 24.1 Å². The first kappa shape index (κ1) is 16.9. The van der Waals surface area contributed by atoms with Gasteiger partial charge in [0.1, 0.15) is 5.69 Å². The molecule has 10 nitrogen and oxygen atoms in total. The summed E-state index contributed by atoms with van der Waals surface area (Å²) in [6.45, 7) is 0. The molecule has 0 aliphatic carbocycles. The van der Waals surface area contributed by atoms with Crippen LogP contribution in [0.4, 0.5) is 5.69 Å². The van der Waals surface area contributed by atoms with E-state index in [4.69, 9.17) is 31.4 Å². The molecule has 0 aliphatic heterocycles. The van der Waals surface area contributed by atoms with Crippen molar-refractivity contribution in [2.45, 2.75) is 0 Å². The third-order valence-electron chi connectivity index (χ3n) is 2.50. The van der Waals surface area contributed by atoms with Gasteiger partial charge in [-0.15, -0.1) is 0 Å². The van der Waals surface area contributed by atoms with Crippen LogP contribution in [0.5, 0.6) is 17.2 Å². The number of hydrogen-bond donors (Lipinski definition) is 4. The van der Waals surface area contributed by atoms with Gasteiger partial charge in [0.05, 0.1) is 26.9 Å². The number of carbonyl (C=O) groups is 1. The van der Waals surface area contributed by atoms with Crippen LogP contribution in [0.3, 0.4) is 0 Å².